The Hall–Kier alpha value is -3.42. The maximum absolute atomic E-state index is 12.4. The Labute approximate surface area is 137 Å². The third-order valence-corrected chi connectivity index (χ3v) is 3.32. The van der Waals surface area contributed by atoms with Gasteiger partial charge in [0.25, 0.3) is 5.91 Å². The fraction of sp³-hybridized carbons (Fsp3) is 0.125. The number of phenolic OH excluding ortho intramolecular Hbond substituents is 1. The minimum absolute atomic E-state index is 0.129. The molecule has 3 N–H and O–H groups in total. The summed E-state index contributed by atoms with van der Waals surface area (Å²) in [7, 11) is 0. The average Bonchev–Trinajstić information content (AvgIpc) is 3.22. The molecule has 0 aliphatic carbocycles. The summed E-state index contributed by atoms with van der Waals surface area (Å²) in [5.74, 6) is -0.156. The second-order valence-corrected chi connectivity index (χ2v) is 4.72. The minimum atomic E-state index is -0.451. The van der Waals surface area contributed by atoms with E-state index in [9.17, 15) is 9.90 Å². The number of anilines is 1. The quantitative estimate of drug-likeness (QED) is 0.525. The number of imidazole rings is 1. The Morgan fingerprint density at radius 1 is 1.29 bits per heavy atom. The van der Waals surface area contributed by atoms with E-state index < -0.39 is 5.91 Å². The summed E-state index contributed by atoms with van der Waals surface area (Å²) in [6.07, 6.45) is 4.69. The lowest BCUT2D eigenvalue weighted by molar-refractivity contribution is 0.102. The highest BCUT2D eigenvalue weighted by Crippen LogP contribution is 2.24. The summed E-state index contributed by atoms with van der Waals surface area (Å²) in [5, 5.41) is 24.1. The lowest BCUT2D eigenvalue weighted by Crippen LogP contribution is -2.14. The smallest absolute Gasteiger partial charge is 0.260 e. The van der Waals surface area contributed by atoms with E-state index in [1.165, 1.54) is 16.8 Å². The zero-order valence-corrected chi connectivity index (χ0v) is 13.2. The number of aromatic amines is 1. The number of hydrogen-bond donors (Lipinski definition) is 3. The van der Waals surface area contributed by atoms with Crippen molar-refractivity contribution in [2.45, 2.75) is 13.8 Å². The third kappa shape index (κ3) is 2.65. The topological polar surface area (TPSA) is 108 Å². The van der Waals surface area contributed by atoms with Crippen LogP contribution in [0.2, 0.25) is 0 Å². The van der Waals surface area contributed by atoms with Gasteiger partial charge in [0.2, 0.25) is 0 Å². The Balaban J connectivity index is 0.000000815. The molecule has 8 nitrogen and oxygen atoms in total. The zero-order valence-electron chi connectivity index (χ0n) is 13.2. The van der Waals surface area contributed by atoms with Gasteiger partial charge in [-0.25, -0.2) is 4.98 Å². The van der Waals surface area contributed by atoms with E-state index in [2.05, 4.69) is 25.6 Å². The molecule has 0 radical (unpaired) electrons. The lowest BCUT2D eigenvalue weighted by Gasteiger charge is -2.06. The maximum Gasteiger partial charge on any atom is 0.260 e. The van der Waals surface area contributed by atoms with E-state index in [0.29, 0.717) is 17.0 Å². The van der Waals surface area contributed by atoms with Crippen molar-refractivity contribution in [2.24, 2.45) is 0 Å². The van der Waals surface area contributed by atoms with Gasteiger partial charge in [-0.2, -0.15) is 14.7 Å². The molecule has 4 rings (SSSR count). The van der Waals surface area contributed by atoms with Crippen LogP contribution < -0.4 is 5.32 Å². The van der Waals surface area contributed by atoms with Crippen LogP contribution in [0.4, 0.5) is 5.82 Å². The monoisotopic (exact) mass is 324 g/mol. The molecule has 122 valence electrons. The van der Waals surface area contributed by atoms with Crippen LogP contribution in [0.15, 0.2) is 42.9 Å². The molecule has 1 amide bonds. The van der Waals surface area contributed by atoms with Crippen molar-refractivity contribution in [2.75, 3.05) is 5.32 Å². The highest BCUT2D eigenvalue weighted by atomic mass is 16.3. The molecule has 0 unspecified atom stereocenters. The van der Waals surface area contributed by atoms with Crippen molar-refractivity contribution in [1.82, 2.24) is 24.8 Å². The van der Waals surface area contributed by atoms with Gasteiger partial charge in [-0.15, -0.1) is 0 Å². The number of fused-ring (bicyclic) bond motifs is 2. The number of carbonyl (C=O) groups excluding carboxylic acids is 1. The SMILES string of the molecule is CC.O=C(Nc1cnc2cccnn12)c1cc2cn[nH]c2cc1O. The molecule has 4 aromatic rings. The Morgan fingerprint density at radius 2 is 2.12 bits per heavy atom. The number of nitrogens with zero attached hydrogens (tertiary/aromatic N) is 4. The predicted octanol–water partition coefficient (Wildman–Crippen LogP) is 2.59. The van der Waals surface area contributed by atoms with E-state index in [4.69, 9.17) is 0 Å². The van der Waals surface area contributed by atoms with Crippen LogP contribution in [0.25, 0.3) is 16.6 Å². The summed E-state index contributed by atoms with van der Waals surface area (Å²) in [6.45, 7) is 4.00. The molecule has 1 aromatic carbocycles. The molecule has 0 spiro atoms. The van der Waals surface area contributed by atoms with Crippen LogP contribution in [0, 0.1) is 0 Å². The Bertz CT molecular complexity index is 1000. The first-order valence-corrected chi connectivity index (χ1v) is 7.48. The molecule has 3 heterocycles. The third-order valence-electron chi connectivity index (χ3n) is 3.32. The van der Waals surface area contributed by atoms with Crippen LogP contribution in [0.5, 0.6) is 5.75 Å². The van der Waals surface area contributed by atoms with E-state index in [1.807, 2.05) is 13.8 Å². The number of phenols is 1. The number of hydrogen-bond acceptors (Lipinski definition) is 5. The molecule has 0 aliphatic rings. The van der Waals surface area contributed by atoms with E-state index in [-0.39, 0.29) is 11.3 Å². The summed E-state index contributed by atoms with van der Waals surface area (Å²) < 4.78 is 1.51. The number of benzene rings is 1. The van der Waals surface area contributed by atoms with Crippen LogP contribution in [0.3, 0.4) is 0 Å². The predicted molar refractivity (Wildman–Crippen MR) is 90.0 cm³/mol. The molecule has 24 heavy (non-hydrogen) atoms. The van der Waals surface area contributed by atoms with E-state index in [1.54, 1.807) is 30.6 Å². The lowest BCUT2D eigenvalue weighted by atomic mass is 10.1. The molecular weight excluding hydrogens is 308 g/mol. The van der Waals surface area contributed by atoms with Gasteiger partial charge in [0.05, 0.1) is 23.5 Å². The van der Waals surface area contributed by atoms with E-state index >= 15 is 0 Å². The molecule has 8 heteroatoms. The van der Waals surface area contributed by atoms with E-state index in [0.717, 1.165) is 5.39 Å². The van der Waals surface area contributed by atoms with Crippen molar-refractivity contribution in [1.29, 1.82) is 0 Å². The van der Waals surface area contributed by atoms with Gasteiger partial charge in [-0.05, 0) is 18.2 Å². The first-order valence-electron chi connectivity index (χ1n) is 7.48. The van der Waals surface area contributed by atoms with Gasteiger partial charge >= 0.3 is 0 Å². The number of aromatic hydroxyl groups is 1. The molecule has 0 fully saturated rings. The second-order valence-electron chi connectivity index (χ2n) is 4.72. The van der Waals surface area contributed by atoms with Crippen molar-refractivity contribution < 1.29 is 9.90 Å². The molecule has 0 bridgehead atoms. The van der Waals surface area contributed by atoms with Gasteiger partial charge in [0.1, 0.15) is 5.75 Å². The average molecular weight is 324 g/mol. The number of rotatable bonds is 2. The summed E-state index contributed by atoms with van der Waals surface area (Å²) in [4.78, 5) is 16.5. The number of carbonyl (C=O) groups is 1. The molecular formula is C16H16N6O2. The van der Waals surface area contributed by atoms with Gasteiger partial charge in [-0.1, -0.05) is 13.8 Å². The fourth-order valence-electron chi connectivity index (χ4n) is 2.26. The highest BCUT2D eigenvalue weighted by Gasteiger charge is 2.15. The van der Waals surface area contributed by atoms with Crippen LogP contribution >= 0.6 is 0 Å². The zero-order chi connectivity index (χ0) is 17.1. The van der Waals surface area contributed by atoms with Crippen molar-refractivity contribution in [3.63, 3.8) is 0 Å². The second kappa shape index (κ2) is 6.37. The Kier molecular flexibility index (Phi) is 4.11. The molecule has 0 atom stereocenters. The van der Waals surface area contributed by atoms with Gasteiger partial charge in [0.15, 0.2) is 11.5 Å². The van der Waals surface area contributed by atoms with Gasteiger partial charge < -0.3 is 10.4 Å². The summed E-state index contributed by atoms with van der Waals surface area (Å²) in [6, 6.07) is 6.56. The van der Waals surface area contributed by atoms with Gasteiger partial charge in [0, 0.05) is 17.6 Å². The van der Waals surface area contributed by atoms with Gasteiger partial charge in [-0.3, -0.25) is 9.89 Å². The van der Waals surface area contributed by atoms with Crippen molar-refractivity contribution in [3.8, 4) is 5.75 Å². The Morgan fingerprint density at radius 3 is 2.96 bits per heavy atom. The van der Waals surface area contributed by atoms with Crippen LogP contribution in [-0.2, 0) is 0 Å². The summed E-state index contributed by atoms with van der Waals surface area (Å²) in [5.41, 5.74) is 1.43. The first kappa shape index (κ1) is 15.5. The van der Waals surface area contributed by atoms with Crippen molar-refractivity contribution in [3.05, 3.63) is 48.4 Å². The number of amides is 1. The molecule has 0 aliphatic heterocycles. The van der Waals surface area contributed by atoms with Crippen molar-refractivity contribution >= 4 is 28.3 Å². The molecule has 0 saturated carbocycles. The molecule has 0 saturated heterocycles. The summed E-state index contributed by atoms with van der Waals surface area (Å²) >= 11 is 0. The first-order chi connectivity index (χ1) is 11.7. The number of aromatic nitrogens is 5. The maximum atomic E-state index is 12.4. The fourth-order valence-corrected chi connectivity index (χ4v) is 2.26. The standard InChI is InChI=1S/C14H10N6O2.C2H6/c21-11-5-10-8(6-16-19-10)4-9(11)14(22)18-13-7-15-12-2-1-3-17-20(12)13;1-2/h1-7,21H,(H,16,19)(H,18,22);1-2H3. The number of H-pyrrole nitrogens is 1. The number of nitrogens with one attached hydrogen (secondary N) is 2. The van der Waals surface area contributed by atoms with Crippen LogP contribution in [0.1, 0.15) is 24.2 Å². The highest BCUT2D eigenvalue weighted by molar-refractivity contribution is 6.08. The molecule has 3 aromatic heterocycles. The van der Waals surface area contributed by atoms with Crippen LogP contribution in [-0.4, -0.2) is 35.8 Å². The normalized spacial score (nSPS) is 10.4. The largest absolute Gasteiger partial charge is 0.507 e. The minimum Gasteiger partial charge on any atom is -0.507 e.